The lowest BCUT2D eigenvalue weighted by molar-refractivity contribution is 0.151. The third-order valence-corrected chi connectivity index (χ3v) is 4.04. The number of aryl methyl sites for hydroxylation is 1. The second kappa shape index (κ2) is 4.26. The number of nitrogens with two attached hydrogens (primary N) is 1. The topological polar surface area (TPSA) is 47.1 Å². The highest BCUT2D eigenvalue weighted by atomic mass is 35.5. The molecule has 1 aromatic heterocycles. The Kier molecular flexibility index (Phi) is 3.13. The average molecular weight is 243 g/mol. The fourth-order valence-corrected chi connectivity index (χ4v) is 2.43. The van der Waals surface area contributed by atoms with Crippen molar-refractivity contribution in [3.05, 3.63) is 10.7 Å². The molecule has 2 heterocycles. The SMILES string of the molecule is Cc1nn(C2CCN(C)C(C)C2)c(N)c1Cl. The Morgan fingerprint density at radius 2 is 2.19 bits per heavy atom. The van der Waals surface area contributed by atoms with Crippen LogP contribution in [0.15, 0.2) is 0 Å². The molecule has 1 aromatic rings. The smallest absolute Gasteiger partial charge is 0.141 e. The number of anilines is 1. The van der Waals surface area contributed by atoms with Gasteiger partial charge in [0.05, 0.1) is 11.7 Å². The van der Waals surface area contributed by atoms with Gasteiger partial charge in [-0.3, -0.25) is 0 Å². The second-order valence-electron chi connectivity index (χ2n) is 4.74. The molecule has 90 valence electrons. The number of hydrogen-bond acceptors (Lipinski definition) is 3. The van der Waals surface area contributed by atoms with E-state index in [0.717, 1.165) is 25.1 Å². The van der Waals surface area contributed by atoms with Gasteiger partial charge in [0.1, 0.15) is 10.8 Å². The summed E-state index contributed by atoms with van der Waals surface area (Å²) in [7, 11) is 2.16. The van der Waals surface area contributed by atoms with E-state index in [1.165, 1.54) is 0 Å². The van der Waals surface area contributed by atoms with Crippen LogP contribution in [0.1, 0.15) is 31.5 Å². The molecule has 1 aliphatic heterocycles. The largest absolute Gasteiger partial charge is 0.383 e. The number of likely N-dealkylation sites (tertiary alicyclic amines) is 1. The van der Waals surface area contributed by atoms with Crippen LogP contribution in [0.2, 0.25) is 5.02 Å². The van der Waals surface area contributed by atoms with E-state index in [0.29, 0.717) is 22.9 Å². The van der Waals surface area contributed by atoms with Crippen LogP contribution >= 0.6 is 11.6 Å². The summed E-state index contributed by atoms with van der Waals surface area (Å²) in [6, 6.07) is 0.957. The van der Waals surface area contributed by atoms with Crippen LogP contribution in [-0.2, 0) is 0 Å². The van der Waals surface area contributed by atoms with Gasteiger partial charge in [0.15, 0.2) is 0 Å². The standard InChI is InChI=1S/C11H19ClN4/c1-7-6-9(4-5-15(7)3)16-11(13)10(12)8(2)14-16/h7,9H,4-6,13H2,1-3H3. The molecule has 2 rings (SSSR count). The number of aromatic nitrogens is 2. The third-order valence-electron chi connectivity index (χ3n) is 3.57. The van der Waals surface area contributed by atoms with Crippen molar-refractivity contribution in [2.75, 3.05) is 19.3 Å². The first-order valence-corrected chi connectivity index (χ1v) is 6.08. The molecule has 0 bridgehead atoms. The molecular formula is C11H19ClN4. The summed E-state index contributed by atoms with van der Waals surface area (Å²) < 4.78 is 1.90. The van der Waals surface area contributed by atoms with Crippen molar-refractivity contribution in [1.82, 2.24) is 14.7 Å². The molecule has 2 N–H and O–H groups in total. The molecule has 4 nitrogen and oxygen atoms in total. The van der Waals surface area contributed by atoms with E-state index < -0.39 is 0 Å². The van der Waals surface area contributed by atoms with Crippen LogP contribution in [-0.4, -0.2) is 34.3 Å². The molecule has 1 aliphatic rings. The van der Waals surface area contributed by atoms with Crippen molar-refractivity contribution in [2.45, 2.75) is 38.8 Å². The number of halogens is 1. The Morgan fingerprint density at radius 3 is 2.69 bits per heavy atom. The Labute approximate surface area is 101 Å². The van der Waals surface area contributed by atoms with Gasteiger partial charge in [-0.25, -0.2) is 4.68 Å². The predicted molar refractivity (Wildman–Crippen MR) is 66.7 cm³/mol. The molecule has 2 atom stereocenters. The zero-order valence-corrected chi connectivity index (χ0v) is 10.8. The third kappa shape index (κ3) is 1.92. The molecule has 0 radical (unpaired) electrons. The summed E-state index contributed by atoms with van der Waals surface area (Å²) >= 11 is 6.06. The van der Waals surface area contributed by atoms with Crippen molar-refractivity contribution in [3.63, 3.8) is 0 Å². The zero-order chi connectivity index (χ0) is 11.9. The van der Waals surface area contributed by atoms with Gasteiger partial charge in [-0.05, 0) is 33.7 Å². The van der Waals surface area contributed by atoms with E-state index in [-0.39, 0.29) is 0 Å². The van der Waals surface area contributed by atoms with Crippen molar-refractivity contribution >= 4 is 17.4 Å². The van der Waals surface area contributed by atoms with Gasteiger partial charge in [0.2, 0.25) is 0 Å². The monoisotopic (exact) mass is 242 g/mol. The van der Waals surface area contributed by atoms with Crippen molar-refractivity contribution in [3.8, 4) is 0 Å². The molecule has 2 unspecified atom stereocenters. The fraction of sp³-hybridized carbons (Fsp3) is 0.727. The number of piperidine rings is 1. The van der Waals surface area contributed by atoms with Gasteiger partial charge in [-0.2, -0.15) is 5.10 Å². The summed E-state index contributed by atoms with van der Waals surface area (Å²) in [5.41, 5.74) is 6.79. The lowest BCUT2D eigenvalue weighted by Crippen LogP contribution is -2.38. The van der Waals surface area contributed by atoms with Crippen LogP contribution in [0, 0.1) is 6.92 Å². The Balaban J connectivity index is 2.22. The van der Waals surface area contributed by atoms with Gasteiger partial charge in [0, 0.05) is 12.6 Å². The lowest BCUT2D eigenvalue weighted by Gasteiger charge is -2.35. The minimum Gasteiger partial charge on any atom is -0.383 e. The fourth-order valence-electron chi connectivity index (χ4n) is 2.31. The summed E-state index contributed by atoms with van der Waals surface area (Å²) in [5.74, 6) is 0.612. The molecule has 0 spiro atoms. The van der Waals surface area contributed by atoms with Gasteiger partial charge >= 0.3 is 0 Å². The Hall–Kier alpha value is -0.740. The number of nitrogens with zero attached hydrogens (tertiary/aromatic N) is 3. The Morgan fingerprint density at radius 1 is 1.50 bits per heavy atom. The lowest BCUT2D eigenvalue weighted by atomic mass is 9.99. The molecule has 16 heavy (non-hydrogen) atoms. The molecule has 1 saturated heterocycles. The summed E-state index contributed by atoms with van der Waals surface area (Å²) in [6.45, 7) is 5.22. The minimum atomic E-state index is 0.386. The first kappa shape index (κ1) is 11.7. The quantitative estimate of drug-likeness (QED) is 0.820. The van der Waals surface area contributed by atoms with Gasteiger partial charge in [-0.1, -0.05) is 11.6 Å². The molecule has 5 heteroatoms. The van der Waals surface area contributed by atoms with E-state index in [1.54, 1.807) is 0 Å². The van der Waals surface area contributed by atoms with Gasteiger partial charge in [-0.15, -0.1) is 0 Å². The Bertz CT molecular complexity index is 388. The molecule has 0 aliphatic carbocycles. The number of rotatable bonds is 1. The van der Waals surface area contributed by atoms with E-state index in [1.807, 2.05) is 11.6 Å². The van der Waals surface area contributed by atoms with E-state index in [4.69, 9.17) is 17.3 Å². The van der Waals surface area contributed by atoms with Crippen molar-refractivity contribution < 1.29 is 0 Å². The maximum absolute atomic E-state index is 6.06. The van der Waals surface area contributed by atoms with Gasteiger partial charge < -0.3 is 10.6 Å². The van der Waals surface area contributed by atoms with Crippen LogP contribution < -0.4 is 5.73 Å². The van der Waals surface area contributed by atoms with Gasteiger partial charge in [0.25, 0.3) is 0 Å². The highest BCUT2D eigenvalue weighted by Gasteiger charge is 2.26. The molecule has 0 amide bonds. The maximum atomic E-state index is 6.06. The van der Waals surface area contributed by atoms with E-state index in [9.17, 15) is 0 Å². The van der Waals surface area contributed by atoms with Crippen LogP contribution in [0.25, 0.3) is 0 Å². The van der Waals surface area contributed by atoms with E-state index >= 15 is 0 Å². The first-order chi connectivity index (χ1) is 7.50. The predicted octanol–water partition coefficient (Wildman–Crippen LogP) is 2.08. The maximum Gasteiger partial charge on any atom is 0.141 e. The molecule has 1 fully saturated rings. The number of nitrogen functional groups attached to an aromatic ring is 1. The van der Waals surface area contributed by atoms with Crippen LogP contribution in [0.4, 0.5) is 5.82 Å². The highest BCUT2D eigenvalue weighted by Crippen LogP contribution is 2.31. The van der Waals surface area contributed by atoms with Crippen molar-refractivity contribution in [1.29, 1.82) is 0 Å². The van der Waals surface area contributed by atoms with E-state index in [2.05, 4.69) is 24.0 Å². The molecule has 0 aromatic carbocycles. The minimum absolute atomic E-state index is 0.386. The molecular weight excluding hydrogens is 224 g/mol. The van der Waals surface area contributed by atoms with Crippen LogP contribution in [0.5, 0.6) is 0 Å². The summed E-state index contributed by atoms with van der Waals surface area (Å²) in [4.78, 5) is 2.37. The average Bonchev–Trinajstić information content (AvgIpc) is 2.50. The highest BCUT2D eigenvalue weighted by molar-refractivity contribution is 6.33. The van der Waals surface area contributed by atoms with Crippen LogP contribution in [0.3, 0.4) is 0 Å². The summed E-state index contributed by atoms with van der Waals surface area (Å²) in [6.07, 6.45) is 2.17. The second-order valence-corrected chi connectivity index (χ2v) is 5.11. The normalized spacial score (nSPS) is 27.2. The number of hydrogen-bond donors (Lipinski definition) is 1. The summed E-state index contributed by atoms with van der Waals surface area (Å²) in [5, 5.41) is 5.04. The first-order valence-electron chi connectivity index (χ1n) is 5.71. The zero-order valence-electron chi connectivity index (χ0n) is 10.1. The van der Waals surface area contributed by atoms with Crippen molar-refractivity contribution in [2.24, 2.45) is 0 Å². The molecule has 0 saturated carbocycles.